The van der Waals surface area contributed by atoms with Crippen LogP contribution in [0.2, 0.25) is 6.04 Å². The molecule has 0 aromatic rings. The van der Waals surface area contributed by atoms with Crippen molar-refractivity contribution in [3.05, 3.63) is 0 Å². The Morgan fingerprint density at radius 3 is 1.75 bits per heavy atom. The summed E-state index contributed by atoms with van der Waals surface area (Å²) in [6.07, 6.45) is 1.26. The second-order valence-electron chi connectivity index (χ2n) is 4.46. The molecule has 0 rings (SSSR count). The Kier molecular flexibility index (Phi) is 8.28. The molecule has 0 spiro atoms. The van der Waals surface area contributed by atoms with Gasteiger partial charge in [0.15, 0.2) is 0 Å². The van der Waals surface area contributed by atoms with Crippen LogP contribution in [0.5, 0.6) is 0 Å². The van der Waals surface area contributed by atoms with E-state index in [-0.39, 0.29) is 6.10 Å². The van der Waals surface area contributed by atoms with Crippen molar-refractivity contribution >= 4 is 8.80 Å². The topological polar surface area (TPSA) is 27.7 Å². The number of hydrogen-bond donors (Lipinski definition) is 0. The van der Waals surface area contributed by atoms with E-state index in [9.17, 15) is 0 Å². The average molecular weight is 248 g/mol. The van der Waals surface area contributed by atoms with Crippen molar-refractivity contribution < 1.29 is 13.3 Å². The Morgan fingerprint density at radius 1 is 0.938 bits per heavy atom. The summed E-state index contributed by atoms with van der Waals surface area (Å²) in [5, 5.41) is 0. The molecule has 0 fully saturated rings. The van der Waals surface area contributed by atoms with Gasteiger partial charge < -0.3 is 13.3 Å². The van der Waals surface area contributed by atoms with E-state index >= 15 is 0 Å². The monoisotopic (exact) mass is 248 g/mol. The highest BCUT2D eigenvalue weighted by Gasteiger charge is 2.40. The van der Waals surface area contributed by atoms with Crippen molar-refractivity contribution in [2.75, 3.05) is 13.2 Å². The van der Waals surface area contributed by atoms with Gasteiger partial charge in [0.05, 0.1) is 0 Å². The van der Waals surface area contributed by atoms with Gasteiger partial charge in [-0.15, -0.1) is 0 Å². The van der Waals surface area contributed by atoms with Gasteiger partial charge in [-0.3, -0.25) is 0 Å². The first-order valence-corrected chi connectivity index (χ1v) is 8.38. The van der Waals surface area contributed by atoms with Crippen LogP contribution in [-0.4, -0.2) is 28.1 Å². The lowest BCUT2D eigenvalue weighted by atomic mass is 10.1. The van der Waals surface area contributed by atoms with Crippen molar-refractivity contribution in [1.82, 2.24) is 0 Å². The van der Waals surface area contributed by atoms with Crippen molar-refractivity contribution in [2.24, 2.45) is 5.92 Å². The van der Waals surface area contributed by atoms with Crippen molar-refractivity contribution in [3.63, 3.8) is 0 Å². The minimum atomic E-state index is -2.40. The van der Waals surface area contributed by atoms with Crippen LogP contribution in [0.15, 0.2) is 0 Å². The molecule has 1 atom stereocenters. The molecular formula is C12H28O3Si. The molecule has 0 amide bonds. The first-order valence-electron chi connectivity index (χ1n) is 6.45. The van der Waals surface area contributed by atoms with Crippen molar-refractivity contribution in [2.45, 2.75) is 60.1 Å². The Bertz CT molecular complexity index is 168. The molecule has 0 heterocycles. The highest BCUT2D eigenvalue weighted by atomic mass is 28.4. The van der Waals surface area contributed by atoms with E-state index in [1.54, 1.807) is 0 Å². The maximum atomic E-state index is 6.07. The molecule has 0 radical (unpaired) electrons. The van der Waals surface area contributed by atoms with Crippen LogP contribution < -0.4 is 0 Å². The van der Waals surface area contributed by atoms with Crippen LogP contribution in [0.25, 0.3) is 0 Å². The summed E-state index contributed by atoms with van der Waals surface area (Å²) < 4.78 is 17.6. The Labute approximate surface area is 102 Å². The highest BCUT2D eigenvalue weighted by Crippen LogP contribution is 2.20. The Morgan fingerprint density at radius 2 is 1.44 bits per heavy atom. The van der Waals surface area contributed by atoms with Gasteiger partial charge in [0, 0.05) is 25.4 Å². The van der Waals surface area contributed by atoms with Gasteiger partial charge in [0.2, 0.25) is 0 Å². The van der Waals surface area contributed by atoms with E-state index in [4.69, 9.17) is 13.3 Å². The number of hydrogen-bond acceptors (Lipinski definition) is 3. The minimum Gasteiger partial charge on any atom is -0.374 e. The molecule has 0 saturated carbocycles. The number of rotatable bonds is 9. The van der Waals surface area contributed by atoms with E-state index < -0.39 is 8.80 Å². The summed E-state index contributed by atoms with van der Waals surface area (Å²) in [7, 11) is -2.40. The summed E-state index contributed by atoms with van der Waals surface area (Å²) in [6, 6.07) is 0.844. The summed E-state index contributed by atoms with van der Waals surface area (Å²) in [5.74, 6) is 0.641. The molecular weight excluding hydrogens is 220 g/mol. The van der Waals surface area contributed by atoms with E-state index in [1.807, 2.05) is 13.8 Å². The second-order valence-corrected chi connectivity index (χ2v) is 7.35. The van der Waals surface area contributed by atoms with Gasteiger partial charge in [0.1, 0.15) is 0 Å². The van der Waals surface area contributed by atoms with Crippen LogP contribution in [0, 0.1) is 5.92 Å². The molecule has 16 heavy (non-hydrogen) atoms. The lowest BCUT2D eigenvalue weighted by Gasteiger charge is -2.31. The lowest BCUT2D eigenvalue weighted by Crippen LogP contribution is -2.47. The lowest BCUT2D eigenvalue weighted by molar-refractivity contribution is 0.0327. The van der Waals surface area contributed by atoms with Crippen LogP contribution in [0.1, 0.15) is 48.0 Å². The fourth-order valence-electron chi connectivity index (χ4n) is 1.86. The fourth-order valence-corrected chi connectivity index (χ4v) is 4.24. The molecule has 3 nitrogen and oxygen atoms in total. The average Bonchev–Trinajstić information content (AvgIpc) is 2.16. The van der Waals surface area contributed by atoms with Crippen LogP contribution in [-0.2, 0) is 13.3 Å². The van der Waals surface area contributed by atoms with E-state index in [2.05, 4.69) is 27.7 Å². The summed E-state index contributed by atoms with van der Waals surface area (Å²) in [6.45, 7) is 13.9. The predicted molar refractivity (Wildman–Crippen MR) is 69.5 cm³/mol. The quantitative estimate of drug-likeness (QED) is 0.585. The van der Waals surface area contributed by atoms with Gasteiger partial charge in [-0.05, 0) is 33.1 Å². The fraction of sp³-hybridized carbons (Fsp3) is 1.00. The zero-order valence-corrected chi connectivity index (χ0v) is 12.7. The third-order valence-corrected chi connectivity index (χ3v) is 5.43. The summed E-state index contributed by atoms with van der Waals surface area (Å²) in [5.41, 5.74) is 0. The maximum Gasteiger partial charge on any atom is 0.500 e. The first kappa shape index (κ1) is 16.1. The SMILES string of the molecule is CCO[Si](CC)(OCC)OC(C)CC(C)C. The molecule has 4 heteroatoms. The Hall–Kier alpha value is 0.0969. The van der Waals surface area contributed by atoms with Crippen molar-refractivity contribution in [1.29, 1.82) is 0 Å². The summed E-state index contributed by atoms with van der Waals surface area (Å²) >= 11 is 0. The smallest absolute Gasteiger partial charge is 0.374 e. The Balaban J connectivity index is 4.37. The third kappa shape index (κ3) is 5.99. The highest BCUT2D eigenvalue weighted by molar-refractivity contribution is 6.60. The third-order valence-electron chi connectivity index (χ3n) is 2.35. The predicted octanol–water partition coefficient (Wildman–Crippen LogP) is 3.47. The van der Waals surface area contributed by atoms with Crippen LogP contribution in [0.4, 0.5) is 0 Å². The molecule has 0 aliphatic rings. The van der Waals surface area contributed by atoms with Gasteiger partial charge in [-0.25, -0.2) is 0 Å². The first-order chi connectivity index (χ1) is 7.49. The normalized spacial score (nSPS) is 14.4. The van der Waals surface area contributed by atoms with Crippen LogP contribution >= 0.6 is 0 Å². The van der Waals surface area contributed by atoms with E-state index in [0.717, 1.165) is 12.5 Å². The van der Waals surface area contributed by atoms with Gasteiger partial charge in [0.25, 0.3) is 0 Å². The molecule has 1 unspecified atom stereocenters. The molecule has 0 aromatic heterocycles. The second kappa shape index (κ2) is 8.23. The standard InChI is InChI=1S/C12H28O3Si/c1-7-13-16(9-3,14-8-2)15-12(6)10-11(4)5/h11-12H,7-10H2,1-6H3. The van der Waals surface area contributed by atoms with Crippen LogP contribution in [0.3, 0.4) is 0 Å². The van der Waals surface area contributed by atoms with Gasteiger partial charge in [-0.2, -0.15) is 0 Å². The molecule has 98 valence electrons. The largest absolute Gasteiger partial charge is 0.500 e. The molecule has 0 aliphatic carbocycles. The molecule has 0 saturated heterocycles. The van der Waals surface area contributed by atoms with Crippen molar-refractivity contribution in [3.8, 4) is 0 Å². The molecule has 0 N–H and O–H groups in total. The maximum absolute atomic E-state index is 6.07. The summed E-state index contributed by atoms with van der Waals surface area (Å²) in [4.78, 5) is 0. The van der Waals surface area contributed by atoms with Gasteiger partial charge >= 0.3 is 8.80 Å². The molecule has 0 aromatic carbocycles. The molecule has 0 bridgehead atoms. The zero-order chi connectivity index (χ0) is 12.6. The minimum absolute atomic E-state index is 0.213. The van der Waals surface area contributed by atoms with E-state index in [1.165, 1.54) is 0 Å². The van der Waals surface area contributed by atoms with Gasteiger partial charge in [-0.1, -0.05) is 20.8 Å². The molecule has 0 aliphatic heterocycles. The van der Waals surface area contributed by atoms with E-state index in [0.29, 0.717) is 19.1 Å². The zero-order valence-electron chi connectivity index (χ0n) is 11.7.